The Hall–Kier alpha value is -11.2. The Morgan fingerprint density at radius 2 is 0.967 bits per heavy atom. The molecular formula is C85H88N12O21S3. The van der Waals surface area contributed by atoms with Crippen molar-refractivity contribution in [3.05, 3.63) is 211 Å². The molecule has 2 amide bonds. The van der Waals surface area contributed by atoms with Gasteiger partial charge in [-0.2, -0.15) is 5.10 Å². The van der Waals surface area contributed by atoms with E-state index in [2.05, 4.69) is 20.4 Å². The van der Waals surface area contributed by atoms with Crippen LogP contribution in [0.25, 0.3) is 57.2 Å². The lowest BCUT2D eigenvalue weighted by Gasteiger charge is -2.30. The van der Waals surface area contributed by atoms with Gasteiger partial charge in [0.05, 0.1) is 97.6 Å². The molecule has 6 aliphatic rings. The summed E-state index contributed by atoms with van der Waals surface area (Å²) in [5, 5.41) is 18.8. The van der Waals surface area contributed by atoms with Crippen LogP contribution in [0.1, 0.15) is 139 Å². The predicted molar refractivity (Wildman–Crippen MR) is 444 cm³/mol. The number of nitrogens with one attached hydrogen (secondary N) is 1. The van der Waals surface area contributed by atoms with Crippen LogP contribution < -0.4 is 59.0 Å². The zero-order chi connectivity index (χ0) is 84.2. The molecule has 9 aromatic heterocycles. The first-order valence-corrected chi connectivity index (χ1v) is 42.7. The Labute approximate surface area is 700 Å². The third-order valence-corrected chi connectivity index (χ3v) is 28.9. The second kappa shape index (κ2) is 32.0. The fourth-order valence-electron chi connectivity index (χ4n) is 18.3. The van der Waals surface area contributed by atoms with E-state index in [1.165, 1.54) is 71.2 Å². The molecule has 7 atom stereocenters. The molecule has 3 aliphatic carbocycles. The first-order chi connectivity index (χ1) is 58.6. The summed E-state index contributed by atoms with van der Waals surface area (Å²) in [6.07, 6.45) is 8.03. The number of hydrogen-bond acceptors (Lipinski definition) is 26. The summed E-state index contributed by atoms with van der Waals surface area (Å²) in [6, 6.07) is 19.5. The van der Waals surface area contributed by atoms with Crippen molar-refractivity contribution in [3.63, 3.8) is 0 Å². The van der Waals surface area contributed by atoms with Crippen LogP contribution in [0.3, 0.4) is 0 Å². The maximum atomic E-state index is 16.4. The van der Waals surface area contributed by atoms with Crippen molar-refractivity contribution in [1.29, 1.82) is 0 Å². The number of carboxylic acids is 1. The lowest BCUT2D eigenvalue weighted by molar-refractivity contribution is -0.142. The Bertz CT molecular complexity index is 6450. The summed E-state index contributed by atoms with van der Waals surface area (Å²) in [4.78, 5) is 148. The molecule has 3 aromatic carbocycles. The zero-order valence-corrected chi connectivity index (χ0v) is 69.7. The van der Waals surface area contributed by atoms with Crippen molar-refractivity contribution in [2.24, 2.45) is 5.73 Å². The highest BCUT2D eigenvalue weighted by Gasteiger charge is 2.65. The standard InChI is InChI=1S/C85H88N12O21S3/c1-44-63-71(99)96(84(77(86)101)39-55(84)47-13-15-53(58(37-47)109-6)62(118-51-21-33-113-34-22-51)43-93-76-65(46(3)73(121-76)94-28-10-25-90-94)70(98)95(80(93)105)83(23-24-83)79(103)104)81(106)91(74(63)119-66(44)68-88-26-35-114-68)42-61(117-50-19-31-112-32-20-50)54-16-14-48(38-59(54)110-7)56-40-85(56,78(102)87-4)97-72(100)64-45(2)67(69-89-27-36-115-69)120-75(64)92(82(97)107)41-60(116-49-17-29-111-30-18-49)52-11-8-9-12-57(52)108-5/h8-16,25-28,35-38,49-51,55-56,60-62H,17-24,29-34,39-43H2,1-7H3,(H2,86,101)(H,87,102)(H,103,104)/t55?,56?,60-,61-,62-,84?,85?/m0/s1. The molecule has 4 N–H and O–H groups in total. The van der Waals surface area contributed by atoms with E-state index in [0.29, 0.717) is 148 Å². The van der Waals surface area contributed by atoms with Gasteiger partial charge in [0.2, 0.25) is 23.6 Å². The van der Waals surface area contributed by atoms with Crippen molar-refractivity contribution >= 4 is 82.4 Å². The van der Waals surface area contributed by atoms with Gasteiger partial charge in [0.1, 0.15) is 84.2 Å². The number of carboxylic acid groups (broad SMARTS) is 1. The topological polar surface area (TPSA) is 394 Å². The molecule has 4 unspecified atom stereocenters. The van der Waals surface area contributed by atoms with Gasteiger partial charge < -0.3 is 67.6 Å². The third-order valence-electron chi connectivity index (χ3n) is 25.0. The van der Waals surface area contributed by atoms with Gasteiger partial charge in [-0.1, -0.05) is 53.8 Å². The fourth-order valence-corrected chi connectivity index (χ4v) is 22.0. The minimum atomic E-state index is -2.02. The van der Waals surface area contributed by atoms with E-state index in [1.807, 2.05) is 24.3 Å². The summed E-state index contributed by atoms with van der Waals surface area (Å²) >= 11 is 3.41. The highest BCUT2D eigenvalue weighted by Crippen LogP contribution is 2.59. The van der Waals surface area contributed by atoms with Crippen molar-refractivity contribution in [3.8, 4) is 43.8 Å². The SMILES string of the molecule is CNC(=O)C1(n2c(=O)c3c(C)c(-c4ncco4)sc3n(C[C@H](OC3CCOCC3)c3ccccc3OC)c2=O)CC1c1ccc([C@H](Cn2c(=O)n(C3(C(N)=O)CC3c3ccc([C@H](Cn4c(=O)n(C5(C(=O)O)CC5)c(=O)c5c(C)c(-n6cccn6)sc54)OC4CCOCC4)c(OC)c3)c(=O)c3c(C)c(-c4ncco4)sc32)OC2CCOCC2)c(OC)c1. The first kappa shape index (κ1) is 80.8. The number of para-hydroxylation sites is 1. The molecule has 6 fully saturated rings. The molecule has 632 valence electrons. The quantitative estimate of drug-likeness (QED) is 0.0393. The fraction of sp³-hybridized carbons (Fsp3) is 0.435. The average Bonchev–Trinajstić information content (AvgIpc) is 1.62. The lowest BCUT2D eigenvalue weighted by Crippen LogP contribution is -2.52. The number of ether oxygens (including phenoxy) is 9. The zero-order valence-electron chi connectivity index (χ0n) is 67.3. The number of aliphatic carboxylic acids is 1. The van der Waals surface area contributed by atoms with Crippen LogP contribution in [0, 0.1) is 20.8 Å². The van der Waals surface area contributed by atoms with Gasteiger partial charge >= 0.3 is 23.0 Å². The summed E-state index contributed by atoms with van der Waals surface area (Å²) in [7, 11) is 5.92. The summed E-state index contributed by atoms with van der Waals surface area (Å²) in [5.41, 5.74) is 0.0849. The normalized spacial score (nSPS) is 20.7. The Kier molecular flexibility index (Phi) is 21.4. The van der Waals surface area contributed by atoms with Crippen LogP contribution in [-0.2, 0) is 79.1 Å². The molecule has 3 aliphatic heterocycles. The molecule has 0 spiro atoms. The van der Waals surface area contributed by atoms with E-state index in [0.717, 1.165) is 36.4 Å². The molecule has 12 aromatic rings. The van der Waals surface area contributed by atoms with Gasteiger partial charge in [0.15, 0.2) is 0 Å². The molecule has 12 heterocycles. The number of benzene rings is 3. The molecule has 0 radical (unpaired) electrons. The summed E-state index contributed by atoms with van der Waals surface area (Å²) in [5.74, 6) is -3.30. The Morgan fingerprint density at radius 3 is 1.39 bits per heavy atom. The number of nitrogens with zero attached hydrogens (tertiary/aromatic N) is 10. The Balaban J connectivity index is 0.735. The van der Waals surface area contributed by atoms with Crippen LogP contribution in [0.2, 0.25) is 0 Å². The van der Waals surface area contributed by atoms with Crippen LogP contribution in [-0.4, -0.2) is 156 Å². The number of likely N-dealkylation sites (N-methyl/N-ethyl adjacent to an activating group) is 1. The number of oxazole rings is 2. The van der Waals surface area contributed by atoms with E-state index in [1.54, 1.807) is 87.4 Å². The van der Waals surface area contributed by atoms with Crippen LogP contribution in [0.15, 0.2) is 142 Å². The molecule has 0 bridgehead atoms. The Morgan fingerprint density at radius 1 is 0.545 bits per heavy atom. The van der Waals surface area contributed by atoms with Crippen molar-refractivity contribution < 1.29 is 71.0 Å². The average molecular weight is 1710 g/mol. The minimum absolute atomic E-state index is 0.0137. The number of fused-ring (bicyclic) bond motifs is 3. The van der Waals surface area contributed by atoms with Crippen molar-refractivity contribution in [1.82, 2.24) is 52.5 Å². The smallest absolute Gasteiger partial charge is 0.333 e. The molecule has 33 nitrogen and oxygen atoms in total. The van der Waals surface area contributed by atoms with Gasteiger partial charge in [-0.15, -0.1) is 22.7 Å². The number of thiophene rings is 3. The number of amides is 2. The molecular weight excluding hydrogens is 1620 g/mol. The molecule has 121 heavy (non-hydrogen) atoms. The van der Waals surface area contributed by atoms with Gasteiger partial charge in [-0.25, -0.2) is 47.5 Å². The van der Waals surface area contributed by atoms with E-state index in [4.69, 9.17) is 57.2 Å². The molecule has 3 saturated heterocycles. The number of nitrogens with two attached hydrogens (primary N) is 1. The molecule has 36 heteroatoms. The first-order valence-electron chi connectivity index (χ1n) is 40.2. The number of rotatable bonds is 29. The van der Waals surface area contributed by atoms with E-state index in [-0.39, 0.29) is 101 Å². The number of carbonyl (C=O) groups excluding carboxylic acids is 2. The minimum Gasteiger partial charge on any atom is -0.496 e. The summed E-state index contributed by atoms with van der Waals surface area (Å²) in [6.45, 7) is 6.96. The van der Waals surface area contributed by atoms with Gasteiger partial charge in [0.25, 0.3) is 16.7 Å². The third kappa shape index (κ3) is 13.6. The van der Waals surface area contributed by atoms with Gasteiger partial charge in [0, 0.05) is 93.2 Å². The van der Waals surface area contributed by atoms with Crippen molar-refractivity contribution in [2.75, 3.05) is 68.0 Å². The van der Waals surface area contributed by atoms with Crippen LogP contribution in [0.4, 0.5) is 0 Å². The molecule has 3 saturated carbocycles. The monoisotopic (exact) mass is 1710 g/mol. The number of methoxy groups -OCH3 is 3. The maximum Gasteiger partial charge on any atom is 0.333 e. The highest BCUT2D eigenvalue weighted by atomic mass is 32.1. The van der Waals surface area contributed by atoms with Crippen molar-refractivity contribution in [2.45, 2.75) is 170 Å². The van der Waals surface area contributed by atoms with Gasteiger partial charge in [-0.05, 0) is 131 Å². The summed E-state index contributed by atoms with van der Waals surface area (Å²) < 4.78 is 77.5. The number of primary amides is 1. The maximum absolute atomic E-state index is 16.4. The number of aryl methyl sites for hydroxylation is 3. The van der Waals surface area contributed by atoms with Crippen LogP contribution >= 0.6 is 34.0 Å². The molecule has 18 rings (SSSR count). The second-order valence-corrected chi connectivity index (χ2v) is 34.6. The predicted octanol–water partition coefficient (Wildman–Crippen LogP) is 9.13. The number of aromatic nitrogens is 10. The van der Waals surface area contributed by atoms with E-state index < -0.39 is 111 Å². The van der Waals surface area contributed by atoms with E-state index in [9.17, 15) is 19.5 Å². The van der Waals surface area contributed by atoms with Gasteiger partial charge in [-0.3, -0.25) is 37.7 Å². The highest BCUT2D eigenvalue weighted by molar-refractivity contribution is 7.22. The van der Waals surface area contributed by atoms with E-state index >= 15 is 28.8 Å². The number of hydrogen-bond donors (Lipinski definition) is 3. The lowest BCUT2D eigenvalue weighted by atomic mass is 9.99. The largest absolute Gasteiger partial charge is 0.496 e. The second-order valence-electron chi connectivity index (χ2n) is 31.6. The van der Waals surface area contributed by atoms with Crippen LogP contribution in [0.5, 0.6) is 17.2 Å². The number of carbonyl (C=O) groups is 3.